The highest BCUT2D eigenvalue weighted by atomic mass is 16.5. The SMILES string of the molecule is CCN1CCCC(Cc2nnc3cc(OC)ccn23)C1. The van der Waals surface area contributed by atoms with Gasteiger partial charge in [-0.3, -0.25) is 4.40 Å². The number of rotatable bonds is 4. The van der Waals surface area contributed by atoms with Gasteiger partial charge in [0.1, 0.15) is 11.6 Å². The van der Waals surface area contributed by atoms with E-state index in [9.17, 15) is 0 Å². The van der Waals surface area contributed by atoms with Crippen LogP contribution in [-0.4, -0.2) is 46.2 Å². The van der Waals surface area contributed by atoms with Crippen molar-refractivity contribution in [1.82, 2.24) is 19.5 Å². The number of piperidine rings is 1. The minimum absolute atomic E-state index is 0.693. The number of pyridine rings is 1. The average molecular weight is 274 g/mol. The van der Waals surface area contributed by atoms with Crippen LogP contribution in [0.2, 0.25) is 0 Å². The van der Waals surface area contributed by atoms with Crippen LogP contribution in [0, 0.1) is 5.92 Å². The van der Waals surface area contributed by atoms with Crippen molar-refractivity contribution in [2.45, 2.75) is 26.2 Å². The topological polar surface area (TPSA) is 42.7 Å². The zero-order valence-corrected chi connectivity index (χ0v) is 12.2. The maximum atomic E-state index is 5.22. The highest BCUT2D eigenvalue weighted by molar-refractivity contribution is 5.44. The molecule has 0 radical (unpaired) electrons. The zero-order chi connectivity index (χ0) is 13.9. The summed E-state index contributed by atoms with van der Waals surface area (Å²) in [6, 6.07) is 3.88. The van der Waals surface area contributed by atoms with Crippen LogP contribution in [-0.2, 0) is 6.42 Å². The van der Waals surface area contributed by atoms with Gasteiger partial charge in [0.15, 0.2) is 5.65 Å². The summed E-state index contributed by atoms with van der Waals surface area (Å²) in [7, 11) is 1.67. The van der Waals surface area contributed by atoms with E-state index < -0.39 is 0 Å². The van der Waals surface area contributed by atoms with Crippen LogP contribution >= 0.6 is 0 Å². The summed E-state index contributed by atoms with van der Waals surface area (Å²) in [6.45, 7) is 5.81. The fourth-order valence-electron chi connectivity index (χ4n) is 3.05. The van der Waals surface area contributed by atoms with Crippen molar-refractivity contribution in [3.05, 3.63) is 24.2 Å². The molecule has 0 aliphatic carbocycles. The Morgan fingerprint density at radius 3 is 3.10 bits per heavy atom. The number of ether oxygens (including phenoxy) is 1. The van der Waals surface area contributed by atoms with Crippen molar-refractivity contribution in [2.75, 3.05) is 26.7 Å². The van der Waals surface area contributed by atoms with Gasteiger partial charge in [-0.15, -0.1) is 10.2 Å². The maximum Gasteiger partial charge on any atom is 0.164 e. The quantitative estimate of drug-likeness (QED) is 0.855. The second kappa shape index (κ2) is 5.79. The van der Waals surface area contributed by atoms with Gasteiger partial charge in [0.2, 0.25) is 0 Å². The van der Waals surface area contributed by atoms with Crippen molar-refractivity contribution in [2.24, 2.45) is 5.92 Å². The van der Waals surface area contributed by atoms with Crippen LogP contribution in [0.25, 0.3) is 5.65 Å². The average Bonchev–Trinajstić information content (AvgIpc) is 2.89. The lowest BCUT2D eigenvalue weighted by Crippen LogP contribution is -2.36. The normalized spacial score (nSPS) is 20.4. The van der Waals surface area contributed by atoms with Gasteiger partial charge in [-0.1, -0.05) is 6.92 Å². The van der Waals surface area contributed by atoms with Crippen molar-refractivity contribution < 1.29 is 4.74 Å². The second-order valence-electron chi connectivity index (χ2n) is 5.52. The van der Waals surface area contributed by atoms with E-state index >= 15 is 0 Å². The van der Waals surface area contributed by atoms with Crippen molar-refractivity contribution in [1.29, 1.82) is 0 Å². The third-order valence-electron chi connectivity index (χ3n) is 4.21. The Bertz CT molecular complexity index is 580. The molecule has 0 amide bonds. The van der Waals surface area contributed by atoms with Crippen molar-refractivity contribution in [3.8, 4) is 5.75 Å². The predicted octanol–water partition coefficient (Wildman–Crippen LogP) is 2.01. The first-order valence-electron chi connectivity index (χ1n) is 7.40. The number of nitrogens with zero attached hydrogens (tertiary/aromatic N) is 4. The standard InChI is InChI=1S/C15H22N4O/c1-3-18-7-4-5-12(11-18)9-14-16-17-15-10-13(20-2)6-8-19(14)15/h6,8,10,12H,3-5,7,9,11H2,1-2H3. The van der Waals surface area contributed by atoms with Gasteiger partial charge in [-0.25, -0.2) is 0 Å². The Hall–Kier alpha value is -1.62. The van der Waals surface area contributed by atoms with Gasteiger partial charge in [0, 0.05) is 25.2 Å². The molecule has 20 heavy (non-hydrogen) atoms. The molecule has 2 aromatic heterocycles. The number of hydrogen-bond acceptors (Lipinski definition) is 4. The molecule has 1 saturated heterocycles. The molecular weight excluding hydrogens is 252 g/mol. The Morgan fingerprint density at radius 1 is 1.40 bits per heavy atom. The largest absolute Gasteiger partial charge is 0.497 e. The lowest BCUT2D eigenvalue weighted by Gasteiger charge is -2.31. The molecule has 3 heterocycles. The predicted molar refractivity (Wildman–Crippen MR) is 78.1 cm³/mol. The highest BCUT2D eigenvalue weighted by Crippen LogP contribution is 2.21. The molecule has 3 rings (SSSR count). The highest BCUT2D eigenvalue weighted by Gasteiger charge is 2.21. The summed E-state index contributed by atoms with van der Waals surface area (Å²) in [5, 5.41) is 8.61. The van der Waals surface area contributed by atoms with Crippen LogP contribution in [0.1, 0.15) is 25.6 Å². The summed E-state index contributed by atoms with van der Waals surface area (Å²) >= 11 is 0. The molecule has 0 saturated carbocycles. The van der Waals surface area contributed by atoms with E-state index in [4.69, 9.17) is 4.74 Å². The smallest absolute Gasteiger partial charge is 0.164 e. The van der Waals surface area contributed by atoms with E-state index in [1.54, 1.807) is 7.11 Å². The second-order valence-corrected chi connectivity index (χ2v) is 5.52. The van der Waals surface area contributed by atoms with E-state index in [1.807, 2.05) is 18.3 Å². The molecule has 1 unspecified atom stereocenters. The fraction of sp³-hybridized carbons (Fsp3) is 0.600. The number of aromatic nitrogens is 3. The Labute approximate surface area is 119 Å². The molecule has 5 heteroatoms. The number of methoxy groups -OCH3 is 1. The zero-order valence-electron chi connectivity index (χ0n) is 12.2. The monoisotopic (exact) mass is 274 g/mol. The van der Waals surface area contributed by atoms with Crippen molar-refractivity contribution >= 4 is 5.65 Å². The van der Waals surface area contributed by atoms with E-state index in [0.717, 1.165) is 30.2 Å². The minimum atomic E-state index is 0.693. The van der Waals surface area contributed by atoms with E-state index in [-0.39, 0.29) is 0 Å². The summed E-state index contributed by atoms with van der Waals surface area (Å²) in [4.78, 5) is 2.53. The molecular formula is C15H22N4O. The Balaban J connectivity index is 1.77. The van der Waals surface area contributed by atoms with Gasteiger partial charge in [0.25, 0.3) is 0 Å². The molecule has 5 nitrogen and oxygen atoms in total. The Kier molecular flexibility index (Phi) is 3.87. The van der Waals surface area contributed by atoms with Gasteiger partial charge in [-0.2, -0.15) is 0 Å². The van der Waals surface area contributed by atoms with Crippen LogP contribution < -0.4 is 4.74 Å². The number of hydrogen-bond donors (Lipinski definition) is 0. The number of fused-ring (bicyclic) bond motifs is 1. The van der Waals surface area contributed by atoms with Gasteiger partial charge in [0.05, 0.1) is 7.11 Å². The molecule has 1 aliphatic rings. The lowest BCUT2D eigenvalue weighted by molar-refractivity contribution is 0.180. The van der Waals surface area contributed by atoms with Crippen molar-refractivity contribution in [3.63, 3.8) is 0 Å². The first-order valence-corrected chi connectivity index (χ1v) is 7.40. The molecule has 108 valence electrons. The first-order chi connectivity index (χ1) is 9.80. The summed E-state index contributed by atoms with van der Waals surface area (Å²) in [5.74, 6) is 2.58. The van der Waals surface area contributed by atoms with Crippen LogP contribution in [0.3, 0.4) is 0 Å². The Morgan fingerprint density at radius 2 is 2.30 bits per heavy atom. The van der Waals surface area contributed by atoms with E-state index in [1.165, 1.54) is 25.9 Å². The fourth-order valence-corrected chi connectivity index (χ4v) is 3.05. The molecule has 2 aromatic rings. The summed E-state index contributed by atoms with van der Waals surface area (Å²) < 4.78 is 7.30. The molecule has 1 fully saturated rings. The van der Waals surface area contributed by atoms with Crippen LogP contribution in [0.15, 0.2) is 18.3 Å². The third-order valence-corrected chi connectivity index (χ3v) is 4.21. The molecule has 1 atom stereocenters. The third kappa shape index (κ3) is 2.63. The van der Waals surface area contributed by atoms with Crippen LogP contribution in [0.5, 0.6) is 5.75 Å². The maximum absolute atomic E-state index is 5.22. The molecule has 0 bridgehead atoms. The summed E-state index contributed by atoms with van der Waals surface area (Å²) in [5.41, 5.74) is 0.863. The lowest BCUT2D eigenvalue weighted by atomic mass is 9.94. The van der Waals surface area contributed by atoms with Crippen LogP contribution in [0.4, 0.5) is 0 Å². The molecule has 0 N–H and O–H groups in total. The molecule has 1 aliphatic heterocycles. The molecule has 0 spiro atoms. The number of likely N-dealkylation sites (tertiary alicyclic amines) is 1. The minimum Gasteiger partial charge on any atom is -0.497 e. The summed E-state index contributed by atoms with van der Waals surface area (Å²) in [6.07, 6.45) is 5.60. The first kappa shape index (κ1) is 13.4. The van der Waals surface area contributed by atoms with E-state index in [0.29, 0.717) is 5.92 Å². The molecule has 0 aromatic carbocycles. The van der Waals surface area contributed by atoms with Gasteiger partial charge >= 0.3 is 0 Å². The van der Waals surface area contributed by atoms with E-state index in [2.05, 4.69) is 26.4 Å². The van der Waals surface area contributed by atoms with Gasteiger partial charge < -0.3 is 9.64 Å². The van der Waals surface area contributed by atoms with Gasteiger partial charge in [-0.05, 0) is 37.9 Å².